The smallest absolute Gasteiger partial charge is 0.165 e. The summed E-state index contributed by atoms with van der Waals surface area (Å²) < 4.78 is 2.48. The van der Waals surface area contributed by atoms with Crippen molar-refractivity contribution in [1.29, 1.82) is 0 Å². The molecule has 10 aromatic rings. The maximum atomic E-state index is 5.45. The van der Waals surface area contributed by atoms with Crippen molar-refractivity contribution in [1.82, 2.24) is 14.5 Å². The van der Waals surface area contributed by atoms with E-state index >= 15 is 0 Å². The lowest BCUT2D eigenvalue weighted by molar-refractivity contribution is 1.13. The number of anilines is 3. The predicted molar refractivity (Wildman–Crippen MR) is 232 cm³/mol. The number of benzene rings is 8. The van der Waals surface area contributed by atoms with E-state index in [4.69, 9.17) is 9.97 Å². The minimum atomic E-state index is 0.785. The van der Waals surface area contributed by atoms with Crippen LogP contribution >= 0.6 is 0 Å². The van der Waals surface area contributed by atoms with Crippen molar-refractivity contribution in [3.63, 3.8) is 0 Å². The first-order chi connectivity index (χ1) is 27.8. The number of nitrogens with zero attached hydrogens (tertiary/aromatic N) is 4. The number of aromatic nitrogens is 3. The number of fused-ring (bicyclic) bond motifs is 8. The summed E-state index contributed by atoms with van der Waals surface area (Å²) in [5.74, 6) is 0.785. The summed E-state index contributed by atoms with van der Waals surface area (Å²) in [5.41, 5.74) is 17.1. The molecule has 0 radical (unpaired) electrons. The summed E-state index contributed by atoms with van der Waals surface area (Å²) >= 11 is 0. The summed E-state index contributed by atoms with van der Waals surface area (Å²) in [7, 11) is 0. The Bertz CT molecular complexity index is 3020. The molecule has 262 valence electrons. The van der Waals surface area contributed by atoms with Crippen LogP contribution in [0.15, 0.2) is 206 Å². The Hall–Kier alpha value is -7.56. The maximum Gasteiger partial charge on any atom is 0.165 e. The zero-order valence-corrected chi connectivity index (χ0v) is 30.4. The lowest BCUT2D eigenvalue weighted by Gasteiger charge is -2.28. The van der Waals surface area contributed by atoms with Crippen molar-refractivity contribution in [2.75, 3.05) is 4.90 Å². The van der Waals surface area contributed by atoms with Gasteiger partial charge < -0.3 is 4.57 Å². The summed E-state index contributed by atoms with van der Waals surface area (Å²) in [6.07, 6.45) is 0. The third-order valence-corrected chi connectivity index (χ3v) is 10.9. The number of rotatable bonds is 5. The second-order valence-electron chi connectivity index (χ2n) is 14.2. The third kappa shape index (κ3) is 5.15. The van der Waals surface area contributed by atoms with Gasteiger partial charge in [0, 0.05) is 33.3 Å². The second kappa shape index (κ2) is 13.1. The van der Waals surface area contributed by atoms with E-state index in [9.17, 15) is 0 Å². The number of hydrogen-bond acceptors (Lipinski definition) is 3. The Balaban J connectivity index is 1.25. The van der Waals surface area contributed by atoms with Gasteiger partial charge in [0.15, 0.2) is 5.82 Å². The number of hydrogen-bond donors (Lipinski definition) is 0. The monoisotopic (exact) mass is 714 g/mol. The van der Waals surface area contributed by atoms with Gasteiger partial charge in [-0.05, 0) is 70.8 Å². The van der Waals surface area contributed by atoms with Crippen LogP contribution in [0.1, 0.15) is 0 Å². The van der Waals surface area contributed by atoms with Gasteiger partial charge in [-0.1, -0.05) is 158 Å². The molecule has 8 aromatic carbocycles. The highest BCUT2D eigenvalue weighted by Gasteiger charge is 2.33. The highest BCUT2D eigenvalue weighted by Crippen LogP contribution is 2.55. The minimum absolute atomic E-state index is 0.785. The van der Waals surface area contributed by atoms with Crippen molar-refractivity contribution in [3.8, 4) is 61.6 Å². The molecule has 0 saturated carbocycles. The van der Waals surface area contributed by atoms with Crippen LogP contribution in [0, 0.1) is 0 Å². The van der Waals surface area contributed by atoms with Crippen LogP contribution in [0.4, 0.5) is 17.2 Å². The van der Waals surface area contributed by atoms with E-state index in [-0.39, 0.29) is 0 Å². The van der Waals surface area contributed by atoms with Gasteiger partial charge in [-0.25, -0.2) is 9.97 Å². The van der Waals surface area contributed by atoms with Crippen molar-refractivity contribution in [2.45, 2.75) is 0 Å². The summed E-state index contributed by atoms with van der Waals surface area (Å²) in [4.78, 5) is 13.1. The Morgan fingerprint density at radius 3 is 1.54 bits per heavy atom. The van der Waals surface area contributed by atoms with Crippen molar-refractivity contribution < 1.29 is 0 Å². The molecule has 2 aromatic heterocycles. The zero-order valence-electron chi connectivity index (χ0n) is 30.4. The average molecular weight is 715 g/mol. The molecule has 0 aliphatic carbocycles. The first-order valence-electron chi connectivity index (χ1n) is 19.0. The quantitative estimate of drug-likeness (QED) is 0.178. The molecule has 0 bridgehead atoms. The molecule has 0 unspecified atom stereocenters. The molecule has 0 amide bonds. The molecule has 0 spiro atoms. The molecule has 1 aliphatic rings. The summed E-state index contributed by atoms with van der Waals surface area (Å²) in [6.45, 7) is 0. The third-order valence-electron chi connectivity index (χ3n) is 10.9. The first-order valence-corrected chi connectivity index (χ1v) is 19.0. The SMILES string of the molecule is c1ccc(-c2cc(-c3ccccc3)cc(-n3c4c(c5ccccc53)-c3ccccc3N(c3nc5ccccc5nc3-c3ccccc3)c3ccccc3-4)c2)cc1. The van der Waals surface area contributed by atoms with E-state index in [1.165, 1.54) is 22.1 Å². The minimum Gasteiger partial charge on any atom is -0.308 e. The van der Waals surface area contributed by atoms with E-state index in [2.05, 4.69) is 191 Å². The second-order valence-corrected chi connectivity index (χ2v) is 14.2. The van der Waals surface area contributed by atoms with Gasteiger partial charge in [-0.2, -0.15) is 0 Å². The summed E-state index contributed by atoms with van der Waals surface area (Å²) in [6, 6.07) is 73.3. The Labute approximate surface area is 325 Å². The van der Waals surface area contributed by atoms with E-state index in [0.29, 0.717) is 0 Å². The molecule has 56 heavy (non-hydrogen) atoms. The molecule has 11 rings (SSSR count). The molecular formula is C52H34N4. The van der Waals surface area contributed by atoms with Crippen LogP contribution in [-0.2, 0) is 0 Å². The highest BCUT2D eigenvalue weighted by atomic mass is 15.2. The van der Waals surface area contributed by atoms with Crippen LogP contribution in [-0.4, -0.2) is 14.5 Å². The van der Waals surface area contributed by atoms with Crippen LogP contribution in [0.3, 0.4) is 0 Å². The van der Waals surface area contributed by atoms with Crippen LogP contribution in [0.2, 0.25) is 0 Å². The van der Waals surface area contributed by atoms with Crippen molar-refractivity contribution in [2.24, 2.45) is 0 Å². The van der Waals surface area contributed by atoms with E-state index < -0.39 is 0 Å². The van der Waals surface area contributed by atoms with Gasteiger partial charge in [0.25, 0.3) is 0 Å². The van der Waals surface area contributed by atoms with Crippen LogP contribution in [0.5, 0.6) is 0 Å². The van der Waals surface area contributed by atoms with Gasteiger partial charge in [0.1, 0.15) is 5.69 Å². The largest absolute Gasteiger partial charge is 0.308 e. The van der Waals surface area contributed by atoms with Crippen molar-refractivity contribution >= 4 is 39.1 Å². The molecular weight excluding hydrogens is 681 g/mol. The molecule has 0 atom stereocenters. The Morgan fingerprint density at radius 2 is 0.875 bits per heavy atom. The van der Waals surface area contributed by atoms with E-state index in [1.807, 2.05) is 24.3 Å². The first kappa shape index (κ1) is 31.9. The molecule has 0 fully saturated rings. The standard InChI is InChI=1S/C52H34N4/c1-4-18-35(19-5-1)38-32-39(36-20-6-2-7-21-36)34-40(33-38)55-46-29-15-10-24-41(46)49-42-25-11-16-30-47(42)56(48-31-17-12-26-43(48)51(49)55)52-50(37-22-8-3-9-23-37)53-44-27-13-14-28-45(44)54-52/h1-34H. The van der Waals surface area contributed by atoms with Crippen LogP contribution < -0.4 is 4.90 Å². The molecule has 0 N–H and O–H groups in total. The molecule has 4 heteroatoms. The fourth-order valence-electron chi connectivity index (χ4n) is 8.41. The fourth-order valence-corrected chi connectivity index (χ4v) is 8.41. The van der Waals surface area contributed by atoms with Gasteiger partial charge in [0.05, 0.1) is 33.6 Å². The van der Waals surface area contributed by atoms with Gasteiger partial charge in [0.2, 0.25) is 0 Å². The zero-order chi connectivity index (χ0) is 37.0. The van der Waals surface area contributed by atoms with Crippen molar-refractivity contribution in [3.05, 3.63) is 206 Å². The lowest BCUT2D eigenvalue weighted by Crippen LogP contribution is -2.15. The fraction of sp³-hybridized carbons (Fsp3) is 0. The van der Waals surface area contributed by atoms with E-state index in [0.717, 1.165) is 78.6 Å². The maximum absolute atomic E-state index is 5.45. The Morgan fingerprint density at radius 1 is 0.375 bits per heavy atom. The molecule has 0 saturated heterocycles. The van der Waals surface area contributed by atoms with E-state index in [1.54, 1.807) is 0 Å². The Kier molecular flexibility index (Phi) is 7.46. The van der Waals surface area contributed by atoms with Gasteiger partial charge in [-0.3, -0.25) is 4.90 Å². The lowest BCUT2D eigenvalue weighted by atomic mass is 9.97. The van der Waals surface area contributed by atoms with Gasteiger partial charge in [-0.15, -0.1) is 0 Å². The summed E-state index contributed by atoms with van der Waals surface area (Å²) in [5, 5.41) is 1.19. The predicted octanol–water partition coefficient (Wildman–Crippen LogP) is 13.7. The van der Waals surface area contributed by atoms with Crippen LogP contribution in [0.25, 0.3) is 83.5 Å². The van der Waals surface area contributed by atoms with Gasteiger partial charge >= 0.3 is 0 Å². The number of para-hydroxylation sites is 5. The molecule has 3 heterocycles. The molecule has 1 aliphatic heterocycles. The topological polar surface area (TPSA) is 34.0 Å². The highest BCUT2D eigenvalue weighted by molar-refractivity contribution is 6.13. The average Bonchev–Trinajstić information content (AvgIpc) is 3.56. The molecule has 4 nitrogen and oxygen atoms in total. The normalized spacial score (nSPS) is 11.9.